The first kappa shape index (κ1) is 142. The molecule has 52 heteroatoms. The van der Waals surface area contributed by atoms with Gasteiger partial charge in [0.15, 0.2) is 17.3 Å². The third kappa shape index (κ3) is 96.8. The highest BCUT2D eigenvalue weighted by Crippen LogP contribution is 2.16. The first-order valence-electron chi connectivity index (χ1n) is 50.6. The predicted octanol–water partition coefficient (Wildman–Crippen LogP) is -2.24. The summed E-state index contributed by atoms with van der Waals surface area (Å²) in [7, 11) is 0. The van der Waals surface area contributed by atoms with Gasteiger partial charge in [0.2, 0.25) is 76.8 Å². The van der Waals surface area contributed by atoms with Crippen LogP contribution in [0.5, 0.6) is 0 Å². The molecule has 0 aliphatic carbocycles. The van der Waals surface area contributed by atoms with Crippen LogP contribution in [0, 0.1) is 11.8 Å². The first-order chi connectivity index (χ1) is 70.9. The summed E-state index contributed by atoms with van der Waals surface area (Å²) < 4.78 is 84.8. The van der Waals surface area contributed by atoms with Crippen LogP contribution >= 0.6 is 0 Å². The van der Waals surface area contributed by atoms with Crippen molar-refractivity contribution in [2.24, 2.45) is 33.6 Å². The summed E-state index contributed by atoms with van der Waals surface area (Å²) in [5.74, 6) is -5.60. The van der Waals surface area contributed by atoms with Crippen LogP contribution in [0.4, 0.5) is 0 Å². The van der Waals surface area contributed by atoms with Gasteiger partial charge in [0.1, 0.15) is 58.6 Å². The zero-order chi connectivity index (χ0) is 111. The molecule has 148 heavy (non-hydrogen) atoms. The predicted molar refractivity (Wildman–Crippen MR) is 543 cm³/mol. The van der Waals surface area contributed by atoms with Crippen molar-refractivity contribution >= 4 is 111 Å². The lowest BCUT2D eigenvalue weighted by Crippen LogP contribution is -2.57. The SMILES string of the molecule is CC.CC(=O)COCCOCCNC(=O)COCCOCCNC(=O)CCCC(=O)NCCOCCOCC(=O)NCCOCCOCC(=O)C[C@@H](CCCCNC(=O)CCCC(=O)NC(CNC(C)(C)/C(C)=N/O)CNC(C)(C)/C(C)=N/O)C(N)=O.CC(=O)COCCOCCNC(=O)COCCOCCNC(=O)CCCC(=O)NCCOCCOCC(=O)NCCOCCOCC(=O)NCCCC[C@H](CC(C)=O)C(N)=O.[HH]. The number of Topliss-reactive ketones (excluding diaryl/α,β-unsaturated/α-hetero) is 4. The Kier molecular flexibility index (Phi) is 95.1. The smallest absolute Gasteiger partial charge is 0.246 e. The first-order valence-corrected chi connectivity index (χ1v) is 50.6. The van der Waals surface area contributed by atoms with Gasteiger partial charge < -0.3 is 172 Å². The van der Waals surface area contributed by atoms with Gasteiger partial charge in [-0.3, -0.25) is 76.7 Å². The number of oxime groups is 2. The van der Waals surface area contributed by atoms with Crippen molar-refractivity contribution in [3.05, 3.63) is 0 Å². The molecule has 0 aromatic heterocycles. The minimum absolute atomic E-state index is 0. The lowest BCUT2D eigenvalue weighted by molar-refractivity contribution is -0.130. The molecule has 0 aromatic carbocycles. The number of ether oxygens (including phenoxy) is 16. The van der Waals surface area contributed by atoms with Crippen LogP contribution in [0.3, 0.4) is 0 Å². The van der Waals surface area contributed by atoms with E-state index in [-0.39, 0.29) is 345 Å². The van der Waals surface area contributed by atoms with Gasteiger partial charge in [-0.05, 0) is 107 Å². The normalized spacial score (nSPS) is 11.8. The molecule has 0 rings (SSSR count). The van der Waals surface area contributed by atoms with Gasteiger partial charge in [-0.15, -0.1) is 0 Å². The fourth-order valence-electron chi connectivity index (χ4n) is 11.8. The Bertz CT molecular complexity index is 3660. The van der Waals surface area contributed by atoms with Crippen molar-refractivity contribution in [2.75, 3.05) is 290 Å². The van der Waals surface area contributed by atoms with Gasteiger partial charge in [-0.1, -0.05) is 37.0 Å². The molecule has 0 saturated heterocycles. The van der Waals surface area contributed by atoms with Gasteiger partial charge in [0, 0.05) is 143 Å². The summed E-state index contributed by atoms with van der Waals surface area (Å²) >= 11 is 0. The highest BCUT2D eigenvalue weighted by atomic mass is 16.6. The molecule has 0 aliphatic heterocycles. The highest BCUT2D eigenvalue weighted by molar-refractivity contribution is 5.91. The maximum absolute atomic E-state index is 12.9. The maximum Gasteiger partial charge on any atom is 0.246 e. The molecule has 0 spiro atoms. The molecule has 0 aromatic rings. The molecule has 0 fully saturated rings. The average Bonchev–Trinajstić information content (AvgIpc) is 0.863. The van der Waals surface area contributed by atoms with Crippen molar-refractivity contribution in [1.29, 1.82) is 0 Å². The van der Waals surface area contributed by atoms with Crippen LogP contribution in [0.15, 0.2) is 10.3 Å². The Hall–Kier alpha value is -9.99. The Morgan fingerprint density at radius 2 is 0.480 bits per heavy atom. The average molecular weight is 2130 g/mol. The molecule has 0 radical (unpaired) electrons. The third-order valence-corrected chi connectivity index (χ3v) is 20.5. The summed E-state index contributed by atoms with van der Waals surface area (Å²) in [4.78, 5) is 201. The topological polar surface area (TPSA) is 711 Å². The van der Waals surface area contributed by atoms with E-state index >= 15 is 0 Å². The van der Waals surface area contributed by atoms with Gasteiger partial charge in [-0.2, -0.15) is 0 Å². The van der Waals surface area contributed by atoms with E-state index in [4.69, 9.17) is 87.3 Å². The lowest BCUT2D eigenvalue weighted by atomic mass is 9.95. The third-order valence-electron chi connectivity index (χ3n) is 20.5. The van der Waals surface area contributed by atoms with Gasteiger partial charge in [0.25, 0.3) is 0 Å². The van der Waals surface area contributed by atoms with E-state index in [2.05, 4.69) is 79.4 Å². The number of nitrogens with two attached hydrogens (primary N) is 2. The largest absolute Gasteiger partial charge is 0.411 e. The quantitative estimate of drug-likeness (QED) is 0.0133. The number of rotatable bonds is 101. The van der Waals surface area contributed by atoms with E-state index < -0.39 is 40.8 Å². The van der Waals surface area contributed by atoms with Crippen LogP contribution in [-0.4, -0.2) is 429 Å². The summed E-state index contributed by atoms with van der Waals surface area (Å²) in [5, 5.41) is 61.6. The monoisotopic (exact) mass is 2130 g/mol. The number of hydrogen-bond donors (Lipinski definition) is 17. The Morgan fingerprint density at radius 3 is 0.723 bits per heavy atom. The number of unbranched alkanes of at least 4 members (excludes halogenated alkanes) is 2. The lowest BCUT2D eigenvalue weighted by Gasteiger charge is -2.32. The summed E-state index contributed by atoms with van der Waals surface area (Å²) in [6, 6.07) is -0.396. The molecule has 13 amide bonds. The fourth-order valence-corrected chi connectivity index (χ4v) is 11.8. The molecule has 2 atom stereocenters. The molecular weight excluding hydrogens is 1950 g/mol. The Labute approximate surface area is 872 Å². The number of nitrogens with one attached hydrogen (secondary N) is 13. The van der Waals surface area contributed by atoms with Gasteiger partial charge in [0.05, 0.1) is 187 Å². The van der Waals surface area contributed by atoms with Crippen molar-refractivity contribution < 1.29 is 169 Å². The Balaban J connectivity index is -0.00000145. The van der Waals surface area contributed by atoms with E-state index in [9.17, 15) is 91.9 Å². The second-order valence-corrected chi connectivity index (χ2v) is 34.3. The molecule has 0 heterocycles. The van der Waals surface area contributed by atoms with Gasteiger partial charge >= 0.3 is 0 Å². The van der Waals surface area contributed by atoms with Crippen molar-refractivity contribution in [3.8, 4) is 0 Å². The number of carbonyl (C=O) groups excluding carboxylic acids is 17. The summed E-state index contributed by atoms with van der Waals surface area (Å²) in [5.41, 5.74) is 10.5. The van der Waals surface area contributed by atoms with Crippen LogP contribution in [0.1, 0.15) is 187 Å². The van der Waals surface area contributed by atoms with E-state index in [1.165, 1.54) is 20.8 Å². The highest BCUT2D eigenvalue weighted by Gasteiger charge is 2.28. The van der Waals surface area contributed by atoms with Crippen LogP contribution in [0.2, 0.25) is 0 Å². The standard InChI is InChI=1S/C55H101N11O19.C39H70N6O16.C2H6.H2/c1-41(67)37-82-30-26-80-24-20-60-51(73)39-84-32-28-78-22-18-58-48(70)13-10-14-49(71)59-19-23-79-29-33-85-40-52(74)61-21-25-81-27-31-83-38-46(68)34-44(53(56)75)12-8-9-17-57-47(69)15-11-16-50(72)64-45(35-62-54(4,5)42(2)65-76)36-63-55(6,7)43(3)66-77;1-31(46)26-33(39(40)53)6-3-4-9-41-36(50)28-59-23-21-57-17-13-45-38(52)30-61-25-20-55-15-11-43-35(49)8-5-7-34(48)42-10-14-54-19-24-60-29-37(51)44-12-16-56-18-22-58-27-32(2)47;1-2;/h44-45,62-63,76-77H,8-40H2,1-7H3,(H2,56,75)(H,57,69)(H,58,70)(H,59,71)(H,60,73)(H,61,74)(H,64,72);33H,3-30H2,1-2H3,(H2,40,53)(H,41,50)(H,42,48)(H,43,49)(H,44,51)(H,45,52);1-2H3;1H/b65-42+,66-43+;;;/t44-;33-;;/m11../s1. The number of amides is 13. The zero-order valence-corrected chi connectivity index (χ0v) is 89.3. The maximum atomic E-state index is 12.9. The van der Waals surface area contributed by atoms with Crippen molar-refractivity contribution in [1.82, 2.24) is 69.1 Å². The van der Waals surface area contributed by atoms with Gasteiger partial charge in [-0.25, -0.2) is 0 Å². The molecule has 0 bridgehead atoms. The number of ketones is 4. The van der Waals surface area contributed by atoms with Crippen LogP contribution in [-0.2, 0) is 157 Å². The van der Waals surface area contributed by atoms with Crippen LogP contribution < -0.4 is 80.6 Å². The molecule has 0 aliphatic rings. The summed E-state index contributed by atoms with van der Waals surface area (Å²) in [6.45, 7) is 27.6. The molecule has 858 valence electrons. The molecule has 52 nitrogen and oxygen atoms in total. The molecule has 0 saturated carbocycles. The zero-order valence-electron chi connectivity index (χ0n) is 89.3. The molecular formula is C96H179N17O35. The van der Waals surface area contributed by atoms with E-state index in [1.54, 1.807) is 13.8 Å². The molecule has 0 unspecified atom stereocenters. The number of nitrogens with zero attached hydrogens (tertiary/aromatic N) is 2. The van der Waals surface area contributed by atoms with Crippen LogP contribution in [0.25, 0.3) is 0 Å². The Morgan fingerprint density at radius 1 is 0.264 bits per heavy atom. The number of primary amides is 2. The fraction of sp³-hybridized carbons (Fsp3) is 0.802. The van der Waals surface area contributed by atoms with E-state index in [1.807, 2.05) is 41.5 Å². The van der Waals surface area contributed by atoms with E-state index in [0.29, 0.717) is 155 Å². The molecule has 19 N–H and O–H groups in total. The van der Waals surface area contributed by atoms with E-state index in [0.717, 1.165) is 0 Å². The minimum atomic E-state index is -0.689. The number of carbonyl (C=O) groups is 17. The number of hydrogen-bond acceptors (Lipinski definition) is 39. The summed E-state index contributed by atoms with van der Waals surface area (Å²) in [6.07, 6.45) is 5.27. The minimum Gasteiger partial charge on any atom is -0.411 e. The second kappa shape index (κ2) is 99.0. The van der Waals surface area contributed by atoms with Crippen molar-refractivity contribution in [2.45, 2.75) is 202 Å². The van der Waals surface area contributed by atoms with Crippen molar-refractivity contribution in [3.63, 3.8) is 0 Å². The second-order valence-electron chi connectivity index (χ2n) is 34.3.